The number of nitrogens with zero attached hydrogens (tertiary/aromatic N) is 4. The summed E-state index contributed by atoms with van der Waals surface area (Å²) in [5, 5.41) is 38.1. The number of benzene rings is 4. The maximum Gasteiger partial charge on any atom is 0.327 e. The number of sulfone groups is 2. The van der Waals surface area contributed by atoms with Crippen molar-refractivity contribution in [1.82, 2.24) is 19.6 Å². The van der Waals surface area contributed by atoms with Crippen molar-refractivity contribution in [3.63, 3.8) is 0 Å². The van der Waals surface area contributed by atoms with E-state index in [0.717, 1.165) is 40.5 Å². The Balaban J connectivity index is 1.13. The van der Waals surface area contributed by atoms with Crippen LogP contribution in [0.1, 0.15) is 55.6 Å². The van der Waals surface area contributed by atoms with E-state index in [1.54, 1.807) is 65.3 Å². The van der Waals surface area contributed by atoms with E-state index in [1.807, 2.05) is 57.2 Å². The van der Waals surface area contributed by atoms with Gasteiger partial charge in [0.05, 0.1) is 52.4 Å². The lowest BCUT2D eigenvalue weighted by atomic mass is 10.0. The Morgan fingerprint density at radius 2 is 1.11 bits per heavy atom. The Kier molecular flexibility index (Phi) is 13.8. The van der Waals surface area contributed by atoms with Crippen LogP contribution < -0.4 is 0 Å². The van der Waals surface area contributed by atoms with Gasteiger partial charge in [-0.3, -0.25) is 19.0 Å². The second-order valence-corrected chi connectivity index (χ2v) is 19.3. The highest BCUT2D eigenvalue weighted by Crippen LogP contribution is 2.32. The van der Waals surface area contributed by atoms with Crippen LogP contribution in [0.15, 0.2) is 113 Å². The first-order valence-electron chi connectivity index (χ1n) is 19.7. The SMILES string of the molecule is C/C(=C\CCOC(=O)Cn1nc(C(C)C)cc1-c1ccc(-c2ccc(CO)c(S(C)(=O)=O)c2)cc1)c1cc(-c2ccc(-c3ccc(CO)c(S(C)(=O)=O)c3)cc2)n(CC(=O)O)n1. The minimum atomic E-state index is -3.58. The van der Waals surface area contributed by atoms with E-state index in [2.05, 4.69) is 10.2 Å². The van der Waals surface area contributed by atoms with Crippen LogP contribution in [0.25, 0.3) is 50.3 Å². The lowest BCUT2D eigenvalue weighted by Crippen LogP contribution is -2.16. The van der Waals surface area contributed by atoms with Gasteiger partial charge in [-0.05, 0) is 87.2 Å². The molecule has 0 fully saturated rings. The van der Waals surface area contributed by atoms with Gasteiger partial charge in [-0.2, -0.15) is 10.2 Å². The number of carbonyl (C=O) groups is 2. The van der Waals surface area contributed by atoms with Crippen molar-refractivity contribution in [2.75, 3.05) is 19.1 Å². The molecule has 0 aliphatic carbocycles. The number of ether oxygens (including phenoxy) is 1. The maximum absolute atomic E-state index is 13.1. The van der Waals surface area contributed by atoms with Gasteiger partial charge in [-0.25, -0.2) is 16.8 Å². The lowest BCUT2D eigenvalue weighted by Gasteiger charge is -2.11. The molecule has 0 aliphatic rings. The third-order valence-corrected chi connectivity index (χ3v) is 12.6. The summed E-state index contributed by atoms with van der Waals surface area (Å²) in [6.07, 6.45) is 4.42. The average molecular weight is 881 g/mol. The van der Waals surface area contributed by atoms with Gasteiger partial charge >= 0.3 is 11.9 Å². The largest absolute Gasteiger partial charge is 0.480 e. The average Bonchev–Trinajstić information content (AvgIpc) is 3.86. The van der Waals surface area contributed by atoms with E-state index in [1.165, 1.54) is 10.7 Å². The van der Waals surface area contributed by atoms with Crippen LogP contribution in [0, 0.1) is 0 Å². The molecule has 6 aromatic rings. The number of carbonyl (C=O) groups excluding carboxylic acids is 1. The zero-order chi connectivity index (χ0) is 44.9. The van der Waals surface area contributed by atoms with Crippen molar-refractivity contribution >= 4 is 37.2 Å². The molecular weight excluding hydrogens is 833 g/mol. The first-order valence-corrected chi connectivity index (χ1v) is 23.4. The number of aliphatic hydroxyl groups is 2. The molecule has 2 heterocycles. The van der Waals surface area contributed by atoms with E-state index in [4.69, 9.17) is 4.74 Å². The van der Waals surface area contributed by atoms with Gasteiger partial charge in [0.2, 0.25) is 0 Å². The van der Waals surface area contributed by atoms with Crippen molar-refractivity contribution in [3.05, 3.63) is 126 Å². The molecule has 324 valence electrons. The summed E-state index contributed by atoms with van der Waals surface area (Å²) >= 11 is 0. The molecule has 0 spiro atoms. The highest BCUT2D eigenvalue weighted by Gasteiger charge is 2.19. The van der Waals surface area contributed by atoms with Crippen molar-refractivity contribution in [2.45, 2.75) is 69.2 Å². The molecule has 16 heteroatoms. The van der Waals surface area contributed by atoms with Crippen LogP contribution >= 0.6 is 0 Å². The first kappa shape index (κ1) is 45.3. The molecule has 0 saturated heterocycles. The molecule has 14 nitrogen and oxygen atoms in total. The fraction of sp³-hybridized carbons (Fsp3) is 0.261. The number of esters is 1. The fourth-order valence-corrected chi connectivity index (χ4v) is 8.87. The predicted molar refractivity (Wildman–Crippen MR) is 235 cm³/mol. The zero-order valence-corrected chi connectivity index (χ0v) is 36.6. The second-order valence-electron chi connectivity index (χ2n) is 15.3. The standard InChI is InChI=1S/C46H48N4O10S2/c1-29(2)39-23-41(33-12-8-31(9-13-33)35-16-18-37(27-51)43(21-35)61(4,56)57)50(47-39)26-46(55)60-20-6-7-30(3)40-24-42(49(48-40)25-45(53)54)34-14-10-32(11-15-34)36-17-19-38(28-52)44(22-36)62(5,58)59/h7-19,21-24,29,51-52H,6,20,25-28H2,1-5H3,(H,53,54)/b30-7+. The van der Waals surface area contributed by atoms with E-state index in [0.29, 0.717) is 51.3 Å². The molecule has 0 amide bonds. The molecule has 0 saturated carbocycles. The van der Waals surface area contributed by atoms with Crippen LogP contribution in [0.4, 0.5) is 0 Å². The third kappa shape index (κ3) is 10.6. The Bertz CT molecular complexity index is 2880. The Hall–Kier alpha value is -6.20. The van der Waals surface area contributed by atoms with Gasteiger partial charge in [0.15, 0.2) is 19.7 Å². The van der Waals surface area contributed by atoms with E-state index >= 15 is 0 Å². The Morgan fingerprint density at radius 1 is 0.661 bits per heavy atom. The van der Waals surface area contributed by atoms with Gasteiger partial charge in [0.1, 0.15) is 13.1 Å². The second kappa shape index (κ2) is 18.8. The van der Waals surface area contributed by atoms with Crippen molar-refractivity contribution in [1.29, 1.82) is 0 Å². The van der Waals surface area contributed by atoms with Crippen LogP contribution in [-0.2, 0) is 60.3 Å². The van der Waals surface area contributed by atoms with Crippen LogP contribution in [0.2, 0.25) is 0 Å². The van der Waals surface area contributed by atoms with Crippen molar-refractivity contribution < 1.29 is 46.5 Å². The predicted octanol–water partition coefficient (Wildman–Crippen LogP) is 6.78. The number of aliphatic carboxylic acids is 1. The molecule has 3 N–H and O–H groups in total. The number of hydrogen-bond acceptors (Lipinski definition) is 11. The zero-order valence-electron chi connectivity index (χ0n) is 34.9. The number of carboxylic acid groups (broad SMARTS) is 1. The van der Waals surface area contributed by atoms with Gasteiger partial charge in [-0.1, -0.05) is 92.7 Å². The van der Waals surface area contributed by atoms with Crippen LogP contribution in [0.3, 0.4) is 0 Å². The minimum Gasteiger partial charge on any atom is -0.480 e. The van der Waals surface area contributed by atoms with Gasteiger partial charge < -0.3 is 20.1 Å². The van der Waals surface area contributed by atoms with Crippen molar-refractivity contribution in [2.24, 2.45) is 0 Å². The maximum atomic E-state index is 13.1. The number of carboxylic acids is 1. The monoisotopic (exact) mass is 880 g/mol. The lowest BCUT2D eigenvalue weighted by molar-refractivity contribution is -0.144. The Morgan fingerprint density at radius 3 is 1.56 bits per heavy atom. The molecular formula is C46H48N4O10S2. The number of rotatable bonds is 17. The molecule has 6 rings (SSSR count). The number of hydrogen-bond donors (Lipinski definition) is 3. The van der Waals surface area contributed by atoms with Gasteiger partial charge in [-0.15, -0.1) is 0 Å². The summed E-state index contributed by atoms with van der Waals surface area (Å²) < 4.78 is 58.0. The normalized spacial score (nSPS) is 12.2. The van der Waals surface area contributed by atoms with Gasteiger partial charge in [0.25, 0.3) is 0 Å². The minimum absolute atomic E-state index is 0.0488. The summed E-state index contributed by atoms with van der Waals surface area (Å²) in [6, 6.07) is 28.1. The number of aromatic nitrogens is 4. The van der Waals surface area contributed by atoms with Crippen LogP contribution in [-0.4, -0.2) is 82.8 Å². The summed E-state index contributed by atoms with van der Waals surface area (Å²) in [4.78, 5) is 25.0. The van der Waals surface area contributed by atoms with Crippen molar-refractivity contribution in [3.8, 4) is 44.8 Å². The first-order chi connectivity index (χ1) is 29.4. The fourth-order valence-electron chi connectivity index (χ4n) is 6.97. The smallest absolute Gasteiger partial charge is 0.327 e. The molecule has 2 aromatic heterocycles. The Labute approximate surface area is 360 Å². The van der Waals surface area contributed by atoms with E-state index < -0.39 is 44.8 Å². The number of aliphatic hydroxyl groups excluding tert-OH is 2. The molecule has 0 atom stereocenters. The summed E-state index contributed by atoms with van der Waals surface area (Å²) in [5.41, 5.74) is 8.29. The van der Waals surface area contributed by atoms with Gasteiger partial charge in [0, 0.05) is 18.9 Å². The molecule has 0 aliphatic heterocycles. The molecule has 0 radical (unpaired) electrons. The summed E-state index contributed by atoms with van der Waals surface area (Å²) in [6.45, 7) is 4.60. The summed E-state index contributed by atoms with van der Waals surface area (Å²) in [5.74, 6) is -1.47. The summed E-state index contributed by atoms with van der Waals surface area (Å²) in [7, 11) is -7.14. The highest BCUT2D eigenvalue weighted by atomic mass is 32.2. The molecule has 4 aromatic carbocycles. The topological polar surface area (TPSA) is 208 Å². The van der Waals surface area contributed by atoms with E-state index in [9.17, 15) is 41.7 Å². The third-order valence-electron chi connectivity index (χ3n) is 10.3. The number of allylic oxidation sites excluding steroid dienone is 1. The van der Waals surface area contributed by atoms with Crippen LogP contribution in [0.5, 0.6) is 0 Å². The van der Waals surface area contributed by atoms with E-state index in [-0.39, 0.29) is 35.4 Å². The quantitative estimate of drug-likeness (QED) is 0.0640. The molecule has 62 heavy (non-hydrogen) atoms. The highest BCUT2D eigenvalue weighted by molar-refractivity contribution is 7.91. The molecule has 0 unspecified atom stereocenters. The molecule has 0 bridgehead atoms.